The maximum atomic E-state index is 12.0. The van der Waals surface area contributed by atoms with E-state index >= 15 is 0 Å². The lowest BCUT2D eigenvalue weighted by atomic mass is 10.1. The molecule has 9 heteroatoms. The number of amides is 1. The molecule has 0 aromatic heterocycles. The monoisotopic (exact) mass is 463 g/mol. The Morgan fingerprint density at radius 3 is 1.94 bits per heavy atom. The first kappa shape index (κ1) is 29.8. The van der Waals surface area contributed by atoms with E-state index in [0.29, 0.717) is 6.42 Å². The molecule has 0 unspecified atom stereocenters. The Kier molecular flexibility index (Phi) is 18.7. The summed E-state index contributed by atoms with van der Waals surface area (Å²) in [6.07, 6.45) is 19.9. The summed E-state index contributed by atoms with van der Waals surface area (Å²) in [5.41, 5.74) is 0. The topological polar surface area (TPSA) is 122 Å². The molecule has 0 radical (unpaired) electrons. The van der Waals surface area contributed by atoms with Crippen molar-refractivity contribution in [2.45, 2.75) is 103 Å². The van der Waals surface area contributed by atoms with Crippen molar-refractivity contribution in [1.82, 2.24) is 5.32 Å². The number of hydrogen-bond donors (Lipinski definition) is 3. The van der Waals surface area contributed by atoms with Gasteiger partial charge in [0.25, 0.3) is 0 Å². The Labute approximate surface area is 187 Å². The molecule has 0 saturated heterocycles. The lowest BCUT2D eigenvalue weighted by molar-refractivity contribution is -0.146. The number of allylic oxidation sites excluding steroid dienone is 2. The zero-order valence-corrected chi connectivity index (χ0v) is 20.1. The Balaban J connectivity index is 3.72. The van der Waals surface area contributed by atoms with E-state index in [9.17, 15) is 14.2 Å². The summed E-state index contributed by atoms with van der Waals surface area (Å²) >= 11 is 0. The van der Waals surface area contributed by atoms with E-state index in [4.69, 9.17) is 9.79 Å². The van der Waals surface area contributed by atoms with Crippen molar-refractivity contribution in [3.8, 4) is 0 Å². The van der Waals surface area contributed by atoms with Crippen LogP contribution in [0.25, 0.3) is 0 Å². The molecule has 0 aliphatic heterocycles. The van der Waals surface area contributed by atoms with Crippen LogP contribution in [0.2, 0.25) is 0 Å². The molecular weight excluding hydrogens is 421 g/mol. The number of carbonyl (C=O) groups is 2. The highest BCUT2D eigenvalue weighted by Crippen LogP contribution is 2.35. The molecule has 1 amide bonds. The van der Waals surface area contributed by atoms with Crippen LogP contribution in [0.1, 0.15) is 96.8 Å². The van der Waals surface area contributed by atoms with Crippen LogP contribution in [-0.2, 0) is 23.4 Å². The number of rotatable bonds is 20. The molecule has 0 aromatic rings. The third-order valence-electron chi connectivity index (χ3n) is 4.90. The Morgan fingerprint density at radius 2 is 1.42 bits per heavy atom. The summed E-state index contributed by atoms with van der Waals surface area (Å²) in [7, 11) is -3.60. The fourth-order valence-corrected chi connectivity index (χ4v) is 3.45. The smallest absolute Gasteiger partial charge is 0.467 e. The highest BCUT2D eigenvalue weighted by atomic mass is 31.2. The van der Waals surface area contributed by atoms with E-state index < -0.39 is 26.4 Å². The first-order valence-corrected chi connectivity index (χ1v) is 13.1. The van der Waals surface area contributed by atoms with E-state index in [-0.39, 0.29) is 12.3 Å². The Bertz CT molecular complexity index is 548. The largest absolute Gasteiger partial charge is 0.469 e. The van der Waals surface area contributed by atoms with Gasteiger partial charge in [0, 0.05) is 6.42 Å². The van der Waals surface area contributed by atoms with Crippen molar-refractivity contribution in [2.75, 3.05) is 13.7 Å². The van der Waals surface area contributed by atoms with Gasteiger partial charge in [-0.15, -0.1) is 0 Å². The molecule has 8 nitrogen and oxygen atoms in total. The second-order valence-electron chi connectivity index (χ2n) is 7.76. The first-order valence-electron chi connectivity index (χ1n) is 11.5. The van der Waals surface area contributed by atoms with E-state index in [2.05, 4.69) is 33.7 Å². The molecule has 0 aliphatic carbocycles. The van der Waals surface area contributed by atoms with Gasteiger partial charge >= 0.3 is 13.8 Å². The summed E-state index contributed by atoms with van der Waals surface area (Å²) in [5.74, 6) is -1.19. The molecule has 1 atom stereocenters. The number of esters is 1. The first-order chi connectivity index (χ1) is 14.8. The van der Waals surface area contributed by atoms with Crippen LogP contribution in [0.15, 0.2) is 12.2 Å². The predicted molar refractivity (Wildman–Crippen MR) is 121 cm³/mol. The summed E-state index contributed by atoms with van der Waals surface area (Å²) in [6, 6.07) is -1.24. The average molecular weight is 464 g/mol. The van der Waals surface area contributed by atoms with Crippen LogP contribution in [0.4, 0.5) is 0 Å². The molecule has 0 heterocycles. The van der Waals surface area contributed by atoms with Gasteiger partial charge in [-0.2, -0.15) is 0 Å². The zero-order valence-electron chi connectivity index (χ0n) is 19.2. The molecule has 0 bridgehead atoms. The number of nitrogens with one attached hydrogen (secondary N) is 1. The molecule has 0 saturated carbocycles. The summed E-state index contributed by atoms with van der Waals surface area (Å²) in [6.45, 7) is 1.59. The molecule has 0 aliphatic rings. The minimum absolute atomic E-state index is 0.238. The van der Waals surface area contributed by atoms with Crippen molar-refractivity contribution in [1.29, 1.82) is 0 Å². The number of unbranched alkanes of at least 4 members (excludes halogenated alkanes) is 11. The normalized spacial score (nSPS) is 12.8. The highest BCUT2D eigenvalue weighted by molar-refractivity contribution is 7.46. The second-order valence-corrected chi connectivity index (χ2v) is 9.00. The lowest BCUT2D eigenvalue weighted by Gasteiger charge is -2.16. The number of ether oxygens (including phenoxy) is 1. The van der Waals surface area contributed by atoms with Gasteiger partial charge in [-0.25, -0.2) is 9.36 Å². The SMILES string of the molecule is CCCCCCCCC=CCCCCCCCC(=O)N[C@H](COP(=O)(O)O)C(=O)OC. The molecule has 182 valence electrons. The summed E-state index contributed by atoms with van der Waals surface area (Å²) in [4.78, 5) is 41.0. The number of carbonyl (C=O) groups excluding carboxylic acids is 2. The maximum absolute atomic E-state index is 12.0. The van der Waals surface area contributed by atoms with Crippen LogP contribution in [0, 0.1) is 0 Å². The van der Waals surface area contributed by atoms with Gasteiger partial charge in [-0.1, -0.05) is 70.4 Å². The standard InChI is InChI=1S/C22H42NO7P/c1-3-4-5-6-7-8-9-10-11-12-13-14-15-16-17-18-21(24)23-20(22(25)29-2)19-30-31(26,27)28/h10-11,20H,3-9,12-19H2,1-2H3,(H,23,24)(H2,26,27,28)/t20-/m1/s1. The van der Waals surface area contributed by atoms with Gasteiger partial charge < -0.3 is 19.8 Å². The molecular formula is C22H42NO7P. The third-order valence-corrected chi connectivity index (χ3v) is 5.38. The van der Waals surface area contributed by atoms with Gasteiger partial charge in [-0.05, 0) is 32.1 Å². The van der Waals surface area contributed by atoms with Gasteiger partial charge in [0.2, 0.25) is 5.91 Å². The molecule has 0 aromatic carbocycles. The Morgan fingerprint density at radius 1 is 0.903 bits per heavy atom. The van der Waals surface area contributed by atoms with E-state index in [1.165, 1.54) is 44.9 Å². The maximum Gasteiger partial charge on any atom is 0.469 e. The molecule has 0 spiro atoms. The van der Waals surface area contributed by atoms with E-state index in [1.807, 2.05) is 0 Å². The quantitative estimate of drug-likeness (QED) is 0.103. The highest BCUT2D eigenvalue weighted by Gasteiger charge is 2.25. The van der Waals surface area contributed by atoms with Gasteiger partial charge in [-0.3, -0.25) is 9.32 Å². The minimum atomic E-state index is -4.73. The second kappa shape index (κ2) is 19.5. The molecule has 0 rings (SSSR count). The van der Waals surface area contributed by atoms with E-state index in [0.717, 1.165) is 39.2 Å². The van der Waals surface area contributed by atoms with Gasteiger partial charge in [0.1, 0.15) is 0 Å². The molecule has 0 fully saturated rings. The zero-order chi connectivity index (χ0) is 23.4. The van der Waals surface area contributed by atoms with Crippen LogP contribution in [0.5, 0.6) is 0 Å². The van der Waals surface area contributed by atoms with Crippen molar-refractivity contribution >= 4 is 19.7 Å². The lowest BCUT2D eigenvalue weighted by Crippen LogP contribution is -2.44. The summed E-state index contributed by atoms with van der Waals surface area (Å²) in [5, 5.41) is 2.40. The predicted octanol–water partition coefficient (Wildman–Crippen LogP) is 4.79. The third kappa shape index (κ3) is 20.4. The Hall–Kier alpha value is -1.21. The van der Waals surface area contributed by atoms with Crippen molar-refractivity contribution in [2.24, 2.45) is 0 Å². The molecule has 31 heavy (non-hydrogen) atoms. The van der Waals surface area contributed by atoms with Crippen molar-refractivity contribution < 1.29 is 33.2 Å². The fraction of sp³-hybridized carbons (Fsp3) is 0.818. The average Bonchev–Trinajstić information content (AvgIpc) is 2.72. The molecule has 3 N–H and O–H groups in total. The van der Waals surface area contributed by atoms with Crippen LogP contribution in [-0.4, -0.2) is 41.4 Å². The van der Waals surface area contributed by atoms with Crippen LogP contribution < -0.4 is 5.32 Å². The number of hydrogen-bond acceptors (Lipinski definition) is 5. The van der Waals surface area contributed by atoms with Crippen molar-refractivity contribution in [3.63, 3.8) is 0 Å². The van der Waals surface area contributed by atoms with Gasteiger partial charge in [0.15, 0.2) is 6.04 Å². The number of methoxy groups -OCH3 is 1. The van der Waals surface area contributed by atoms with Crippen LogP contribution >= 0.6 is 7.82 Å². The fourth-order valence-electron chi connectivity index (χ4n) is 3.11. The van der Waals surface area contributed by atoms with Crippen molar-refractivity contribution in [3.05, 3.63) is 12.2 Å². The number of phosphoric ester groups is 1. The minimum Gasteiger partial charge on any atom is -0.467 e. The number of phosphoric acid groups is 1. The summed E-state index contributed by atoms with van der Waals surface area (Å²) < 4.78 is 19.6. The van der Waals surface area contributed by atoms with E-state index in [1.54, 1.807) is 0 Å². The van der Waals surface area contributed by atoms with Crippen LogP contribution in [0.3, 0.4) is 0 Å². The van der Waals surface area contributed by atoms with Gasteiger partial charge in [0.05, 0.1) is 13.7 Å².